The predicted molar refractivity (Wildman–Crippen MR) is 101 cm³/mol. The lowest BCUT2D eigenvalue weighted by Crippen LogP contribution is -2.52. The van der Waals surface area contributed by atoms with Crippen LogP contribution in [0.3, 0.4) is 0 Å². The predicted octanol–water partition coefficient (Wildman–Crippen LogP) is 2.55. The van der Waals surface area contributed by atoms with E-state index in [1.165, 1.54) is 0 Å². The van der Waals surface area contributed by atoms with Crippen molar-refractivity contribution in [1.29, 1.82) is 0 Å². The number of amides is 3. The maximum absolute atomic E-state index is 13.0. The van der Waals surface area contributed by atoms with Crippen LogP contribution < -0.4 is 5.32 Å². The monoisotopic (exact) mass is 359 g/mol. The Morgan fingerprint density at radius 3 is 2.65 bits per heavy atom. The van der Waals surface area contributed by atoms with Crippen molar-refractivity contribution in [1.82, 2.24) is 9.80 Å². The van der Waals surface area contributed by atoms with Crippen LogP contribution in [0.2, 0.25) is 0 Å². The molecule has 2 saturated heterocycles. The molecule has 2 heterocycles. The molecular formula is C20H29N3O3. The molecule has 3 amide bonds. The molecule has 2 fully saturated rings. The molecule has 2 N–H and O–H groups in total. The van der Waals surface area contributed by atoms with Crippen molar-refractivity contribution in [3.63, 3.8) is 0 Å². The second-order valence-electron chi connectivity index (χ2n) is 7.55. The maximum atomic E-state index is 13.0. The van der Waals surface area contributed by atoms with Gasteiger partial charge in [-0.25, -0.2) is 4.79 Å². The zero-order valence-electron chi connectivity index (χ0n) is 15.4. The molecule has 142 valence electrons. The molecule has 0 aliphatic carbocycles. The number of urea groups is 1. The van der Waals surface area contributed by atoms with E-state index < -0.39 is 0 Å². The fourth-order valence-corrected chi connectivity index (χ4v) is 3.96. The third-order valence-electron chi connectivity index (χ3n) is 5.60. The number of para-hydroxylation sites is 1. The molecule has 6 nitrogen and oxygen atoms in total. The lowest BCUT2D eigenvalue weighted by molar-refractivity contribution is -0.141. The standard InChI is InChI=1S/C20H29N3O3/c1-15-9-10-16(14-24)12-23(15)19(25)17-6-5-11-22(13-17)20(26)21-18-7-3-2-4-8-18/h2-4,7-8,15-17,24H,5-6,9-14H2,1H3,(H,21,26)/t15-,16-,17-/m1/s1. The molecule has 6 heteroatoms. The van der Waals surface area contributed by atoms with Crippen molar-refractivity contribution in [2.24, 2.45) is 11.8 Å². The van der Waals surface area contributed by atoms with Gasteiger partial charge in [-0.3, -0.25) is 4.79 Å². The SMILES string of the molecule is C[C@@H]1CC[C@@H](CO)CN1C(=O)[C@@H]1CCCN(C(=O)Nc2ccccc2)C1. The summed E-state index contributed by atoms with van der Waals surface area (Å²) in [5, 5.41) is 12.3. The Morgan fingerprint density at radius 2 is 1.92 bits per heavy atom. The number of aliphatic hydroxyl groups is 1. The Balaban J connectivity index is 1.60. The van der Waals surface area contributed by atoms with Gasteiger partial charge in [0.2, 0.25) is 5.91 Å². The molecule has 0 radical (unpaired) electrons. The summed E-state index contributed by atoms with van der Waals surface area (Å²) in [5.41, 5.74) is 0.765. The molecule has 0 unspecified atom stereocenters. The van der Waals surface area contributed by atoms with E-state index in [0.717, 1.165) is 31.4 Å². The summed E-state index contributed by atoms with van der Waals surface area (Å²) < 4.78 is 0. The fraction of sp³-hybridized carbons (Fsp3) is 0.600. The van der Waals surface area contributed by atoms with Gasteiger partial charge in [0, 0.05) is 38.0 Å². The van der Waals surface area contributed by atoms with Crippen molar-refractivity contribution in [3.8, 4) is 0 Å². The number of hydrogen-bond acceptors (Lipinski definition) is 3. The molecule has 0 spiro atoms. The molecule has 0 bridgehead atoms. The lowest BCUT2D eigenvalue weighted by atomic mass is 9.90. The van der Waals surface area contributed by atoms with Crippen LogP contribution in [0.5, 0.6) is 0 Å². The summed E-state index contributed by atoms with van der Waals surface area (Å²) >= 11 is 0. The van der Waals surface area contributed by atoms with E-state index in [2.05, 4.69) is 12.2 Å². The Morgan fingerprint density at radius 1 is 1.15 bits per heavy atom. The van der Waals surface area contributed by atoms with E-state index in [1.807, 2.05) is 35.2 Å². The minimum absolute atomic E-state index is 0.132. The van der Waals surface area contributed by atoms with E-state index in [0.29, 0.717) is 19.6 Å². The minimum Gasteiger partial charge on any atom is -0.396 e. The van der Waals surface area contributed by atoms with Crippen LogP contribution in [0.1, 0.15) is 32.6 Å². The first-order valence-electron chi connectivity index (χ1n) is 9.60. The highest BCUT2D eigenvalue weighted by Crippen LogP contribution is 2.26. The zero-order valence-corrected chi connectivity index (χ0v) is 15.4. The first-order valence-corrected chi connectivity index (χ1v) is 9.60. The van der Waals surface area contributed by atoms with Crippen LogP contribution in [-0.2, 0) is 4.79 Å². The van der Waals surface area contributed by atoms with Crippen LogP contribution >= 0.6 is 0 Å². The largest absolute Gasteiger partial charge is 0.396 e. The van der Waals surface area contributed by atoms with E-state index in [4.69, 9.17) is 0 Å². The van der Waals surface area contributed by atoms with E-state index in [9.17, 15) is 14.7 Å². The number of anilines is 1. The number of nitrogens with zero attached hydrogens (tertiary/aromatic N) is 2. The topological polar surface area (TPSA) is 72.9 Å². The molecule has 0 saturated carbocycles. The molecule has 3 atom stereocenters. The normalized spacial score (nSPS) is 26.5. The third kappa shape index (κ3) is 4.36. The summed E-state index contributed by atoms with van der Waals surface area (Å²) in [6.45, 7) is 3.98. The smallest absolute Gasteiger partial charge is 0.321 e. The fourth-order valence-electron chi connectivity index (χ4n) is 3.96. The van der Waals surface area contributed by atoms with Gasteiger partial charge in [-0.15, -0.1) is 0 Å². The number of rotatable bonds is 3. The quantitative estimate of drug-likeness (QED) is 0.871. The van der Waals surface area contributed by atoms with Crippen LogP contribution in [0.15, 0.2) is 30.3 Å². The van der Waals surface area contributed by atoms with Crippen LogP contribution in [0, 0.1) is 11.8 Å². The highest BCUT2D eigenvalue weighted by atomic mass is 16.3. The highest BCUT2D eigenvalue weighted by Gasteiger charge is 2.35. The second kappa shape index (κ2) is 8.54. The van der Waals surface area contributed by atoms with Gasteiger partial charge >= 0.3 is 6.03 Å². The second-order valence-corrected chi connectivity index (χ2v) is 7.55. The van der Waals surface area contributed by atoms with Crippen LogP contribution in [-0.4, -0.2) is 59.1 Å². The van der Waals surface area contributed by atoms with Gasteiger partial charge in [0.1, 0.15) is 0 Å². The molecular weight excluding hydrogens is 330 g/mol. The first-order chi connectivity index (χ1) is 12.6. The highest BCUT2D eigenvalue weighted by molar-refractivity contribution is 5.90. The van der Waals surface area contributed by atoms with Crippen molar-refractivity contribution in [3.05, 3.63) is 30.3 Å². The Hall–Kier alpha value is -2.08. The Labute approximate surface area is 155 Å². The summed E-state index contributed by atoms with van der Waals surface area (Å²) in [4.78, 5) is 29.2. The van der Waals surface area contributed by atoms with Crippen LogP contribution in [0.25, 0.3) is 0 Å². The van der Waals surface area contributed by atoms with Crippen molar-refractivity contribution in [2.45, 2.75) is 38.6 Å². The number of benzene rings is 1. The molecule has 1 aromatic carbocycles. The lowest BCUT2D eigenvalue weighted by Gasteiger charge is -2.41. The number of aliphatic hydroxyl groups excluding tert-OH is 1. The number of likely N-dealkylation sites (tertiary alicyclic amines) is 2. The van der Waals surface area contributed by atoms with Gasteiger partial charge in [0.15, 0.2) is 0 Å². The van der Waals surface area contributed by atoms with Gasteiger partial charge in [-0.05, 0) is 50.7 Å². The summed E-state index contributed by atoms with van der Waals surface area (Å²) in [6.07, 6.45) is 3.56. The molecule has 26 heavy (non-hydrogen) atoms. The average Bonchev–Trinajstić information content (AvgIpc) is 2.68. The first kappa shape index (κ1) is 18.7. The number of carbonyl (C=O) groups excluding carboxylic acids is 2. The molecule has 1 aromatic rings. The third-order valence-corrected chi connectivity index (χ3v) is 5.60. The minimum atomic E-state index is -0.148. The molecule has 2 aliphatic heterocycles. The number of nitrogens with one attached hydrogen (secondary N) is 1. The van der Waals surface area contributed by atoms with Gasteiger partial charge in [0.25, 0.3) is 0 Å². The van der Waals surface area contributed by atoms with Gasteiger partial charge in [0.05, 0.1) is 5.92 Å². The number of hydrogen-bond donors (Lipinski definition) is 2. The number of carbonyl (C=O) groups is 2. The molecule has 0 aromatic heterocycles. The van der Waals surface area contributed by atoms with Gasteiger partial charge < -0.3 is 20.2 Å². The van der Waals surface area contributed by atoms with E-state index in [1.54, 1.807) is 4.90 Å². The number of piperidine rings is 2. The Kier molecular flexibility index (Phi) is 6.14. The van der Waals surface area contributed by atoms with Crippen molar-refractivity contribution < 1.29 is 14.7 Å². The van der Waals surface area contributed by atoms with Gasteiger partial charge in [-0.2, -0.15) is 0 Å². The average molecular weight is 359 g/mol. The Bertz CT molecular complexity index is 622. The molecule has 2 aliphatic rings. The van der Waals surface area contributed by atoms with E-state index >= 15 is 0 Å². The van der Waals surface area contributed by atoms with Gasteiger partial charge in [-0.1, -0.05) is 18.2 Å². The van der Waals surface area contributed by atoms with E-state index in [-0.39, 0.29) is 36.4 Å². The molecule has 3 rings (SSSR count). The van der Waals surface area contributed by atoms with Crippen LogP contribution in [0.4, 0.5) is 10.5 Å². The summed E-state index contributed by atoms with van der Waals surface area (Å²) in [7, 11) is 0. The van der Waals surface area contributed by atoms with Crippen molar-refractivity contribution >= 4 is 17.6 Å². The maximum Gasteiger partial charge on any atom is 0.321 e. The summed E-state index contributed by atoms with van der Waals surface area (Å²) in [5.74, 6) is 0.161. The zero-order chi connectivity index (χ0) is 18.5. The summed E-state index contributed by atoms with van der Waals surface area (Å²) in [6, 6.07) is 9.45. The van der Waals surface area contributed by atoms with Crippen molar-refractivity contribution in [2.75, 3.05) is 31.6 Å².